The summed E-state index contributed by atoms with van der Waals surface area (Å²) in [6, 6.07) is 14.4. The second kappa shape index (κ2) is 10.6. The molecule has 3 aromatic rings. The predicted molar refractivity (Wildman–Crippen MR) is 122 cm³/mol. The molecule has 0 unspecified atom stereocenters. The number of hydrazone groups is 1. The van der Waals surface area contributed by atoms with Gasteiger partial charge in [0, 0.05) is 15.6 Å². The molecule has 166 valence electrons. The lowest BCUT2D eigenvalue weighted by Gasteiger charge is -2.13. The Labute approximate surface area is 192 Å². The smallest absolute Gasteiger partial charge is 0.271 e. The van der Waals surface area contributed by atoms with Crippen molar-refractivity contribution in [2.24, 2.45) is 5.10 Å². The number of methoxy groups -OCH3 is 3. The summed E-state index contributed by atoms with van der Waals surface area (Å²) in [6.07, 6.45) is 1.40. The van der Waals surface area contributed by atoms with Gasteiger partial charge in [-0.15, -0.1) is 0 Å². The predicted octanol–water partition coefficient (Wildman–Crippen LogP) is 5.17. The fourth-order valence-electron chi connectivity index (χ4n) is 2.79. The quantitative estimate of drug-likeness (QED) is 0.339. The number of carbonyl (C=O) groups excluding carboxylic acids is 1. The van der Waals surface area contributed by atoms with Gasteiger partial charge < -0.3 is 18.9 Å². The van der Waals surface area contributed by atoms with E-state index in [1.165, 1.54) is 51.8 Å². The Morgan fingerprint density at radius 2 is 1.62 bits per heavy atom. The van der Waals surface area contributed by atoms with Crippen molar-refractivity contribution in [1.29, 1.82) is 0 Å². The molecule has 0 aliphatic rings. The van der Waals surface area contributed by atoms with Crippen molar-refractivity contribution in [1.82, 2.24) is 5.43 Å². The number of halogens is 2. The lowest BCUT2D eigenvalue weighted by atomic mass is 10.1. The molecular weight excluding hydrogens is 483 g/mol. The number of rotatable bonds is 8. The summed E-state index contributed by atoms with van der Waals surface area (Å²) >= 11 is 3.21. The molecular formula is C23H20BrFN2O5. The number of para-hydroxylation sites is 1. The Kier molecular flexibility index (Phi) is 7.67. The van der Waals surface area contributed by atoms with Gasteiger partial charge in [-0.3, -0.25) is 4.79 Å². The van der Waals surface area contributed by atoms with Crippen LogP contribution in [0.25, 0.3) is 0 Å². The fraction of sp³-hybridized carbons (Fsp3) is 0.130. The largest absolute Gasteiger partial charge is 0.493 e. The highest BCUT2D eigenvalue weighted by Gasteiger charge is 2.17. The van der Waals surface area contributed by atoms with Crippen LogP contribution in [0.1, 0.15) is 15.9 Å². The van der Waals surface area contributed by atoms with Crippen molar-refractivity contribution in [3.8, 4) is 28.7 Å². The van der Waals surface area contributed by atoms with Gasteiger partial charge in [0.05, 0.1) is 27.5 Å². The monoisotopic (exact) mass is 502 g/mol. The lowest BCUT2D eigenvalue weighted by molar-refractivity contribution is 0.0954. The molecule has 9 heteroatoms. The highest BCUT2D eigenvalue weighted by atomic mass is 79.9. The number of nitrogens with one attached hydrogen (secondary N) is 1. The average Bonchev–Trinajstić information content (AvgIpc) is 2.80. The zero-order chi connectivity index (χ0) is 23.1. The molecule has 0 heterocycles. The summed E-state index contributed by atoms with van der Waals surface area (Å²) in [5.74, 6) is 0.503. The molecule has 3 aromatic carbocycles. The van der Waals surface area contributed by atoms with Crippen molar-refractivity contribution < 1.29 is 28.1 Å². The summed E-state index contributed by atoms with van der Waals surface area (Å²) < 4.78 is 36.2. The van der Waals surface area contributed by atoms with Gasteiger partial charge in [0.1, 0.15) is 5.75 Å². The first kappa shape index (κ1) is 23.1. The molecule has 0 fully saturated rings. The molecule has 7 nitrogen and oxygen atoms in total. The number of carbonyl (C=O) groups is 1. The van der Waals surface area contributed by atoms with E-state index >= 15 is 0 Å². The maximum Gasteiger partial charge on any atom is 0.271 e. The second-order valence-electron chi connectivity index (χ2n) is 6.33. The zero-order valence-corrected chi connectivity index (χ0v) is 19.1. The van der Waals surface area contributed by atoms with Crippen LogP contribution in [0.5, 0.6) is 28.7 Å². The molecule has 0 bridgehead atoms. The minimum Gasteiger partial charge on any atom is -0.493 e. The van der Waals surface area contributed by atoms with Crippen LogP contribution >= 0.6 is 15.9 Å². The third-order valence-corrected chi connectivity index (χ3v) is 4.82. The first-order valence-corrected chi connectivity index (χ1v) is 10.1. The highest BCUT2D eigenvalue weighted by molar-refractivity contribution is 9.10. The maximum absolute atomic E-state index is 14.1. The summed E-state index contributed by atoms with van der Waals surface area (Å²) in [6.45, 7) is 0. The van der Waals surface area contributed by atoms with Crippen molar-refractivity contribution in [3.63, 3.8) is 0 Å². The van der Waals surface area contributed by atoms with E-state index in [4.69, 9.17) is 18.9 Å². The van der Waals surface area contributed by atoms with Gasteiger partial charge in [-0.1, -0.05) is 28.1 Å². The van der Waals surface area contributed by atoms with Crippen LogP contribution in [0, 0.1) is 5.82 Å². The maximum atomic E-state index is 14.1. The van der Waals surface area contributed by atoms with E-state index in [9.17, 15) is 9.18 Å². The lowest BCUT2D eigenvalue weighted by Crippen LogP contribution is -2.18. The van der Waals surface area contributed by atoms with Crippen LogP contribution in [-0.2, 0) is 0 Å². The summed E-state index contributed by atoms with van der Waals surface area (Å²) in [5, 5.41) is 3.99. The molecule has 0 saturated heterocycles. The van der Waals surface area contributed by atoms with E-state index in [1.54, 1.807) is 30.3 Å². The van der Waals surface area contributed by atoms with Gasteiger partial charge in [0.2, 0.25) is 5.75 Å². The number of ether oxygens (including phenoxy) is 4. The van der Waals surface area contributed by atoms with Crippen LogP contribution in [-0.4, -0.2) is 33.5 Å². The fourth-order valence-corrected chi connectivity index (χ4v) is 3.13. The highest BCUT2D eigenvalue weighted by Crippen LogP contribution is 2.38. The van der Waals surface area contributed by atoms with Gasteiger partial charge in [-0.05, 0) is 42.5 Å². The summed E-state index contributed by atoms with van der Waals surface area (Å²) in [5.41, 5.74) is 3.24. The number of nitrogens with zero attached hydrogens (tertiary/aromatic N) is 1. The van der Waals surface area contributed by atoms with E-state index in [0.717, 1.165) is 0 Å². The Balaban J connectivity index is 1.77. The second-order valence-corrected chi connectivity index (χ2v) is 7.24. The van der Waals surface area contributed by atoms with Gasteiger partial charge in [-0.2, -0.15) is 5.10 Å². The third-order valence-electron chi connectivity index (χ3n) is 4.33. The van der Waals surface area contributed by atoms with Crippen molar-refractivity contribution >= 4 is 28.1 Å². The van der Waals surface area contributed by atoms with Gasteiger partial charge in [0.25, 0.3) is 5.91 Å². The van der Waals surface area contributed by atoms with Gasteiger partial charge in [0.15, 0.2) is 23.1 Å². The minimum absolute atomic E-state index is 0.0653. The van der Waals surface area contributed by atoms with Crippen molar-refractivity contribution in [3.05, 3.63) is 76.0 Å². The molecule has 32 heavy (non-hydrogen) atoms. The molecule has 0 aliphatic heterocycles. The molecule has 0 atom stereocenters. The first-order valence-electron chi connectivity index (χ1n) is 9.32. The zero-order valence-electron chi connectivity index (χ0n) is 17.5. The number of benzene rings is 3. The number of hydrogen-bond acceptors (Lipinski definition) is 6. The van der Waals surface area contributed by atoms with Crippen LogP contribution in [0.15, 0.2) is 64.2 Å². The van der Waals surface area contributed by atoms with Crippen LogP contribution in [0.2, 0.25) is 0 Å². The normalized spacial score (nSPS) is 10.7. The Morgan fingerprint density at radius 1 is 0.938 bits per heavy atom. The van der Waals surface area contributed by atoms with Crippen LogP contribution in [0.4, 0.5) is 4.39 Å². The first-order chi connectivity index (χ1) is 15.5. The van der Waals surface area contributed by atoms with E-state index in [-0.39, 0.29) is 11.3 Å². The molecule has 0 aliphatic carbocycles. The summed E-state index contributed by atoms with van der Waals surface area (Å²) in [4.78, 5) is 12.6. The van der Waals surface area contributed by atoms with Gasteiger partial charge in [-0.25, -0.2) is 9.82 Å². The SMILES string of the molecule is COc1cc(C(=O)NN=Cc2ccccc2Oc2ccc(Br)cc2F)cc(OC)c1OC. The Bertz CT molecular complexity index is 1130. The average molecular weight is 503 g/mol. The van der Waals surface area contributed by atoms with E-state index < -0.39 is 11.7 Å². The minimum atomic E-state index is -0.512. The molecule has 1 amide bonds. The number of amides is 1. The van der Waals surface area contributed by atoms with Crippen molar-refractivity contribution in [2.45, 2.75) is 0 Å². The molecule has 3 rings (SSSR count). The molecule has 0 aromatic heterocycles. The molecule has 0 radical (unpaired) electrons. The van der Waals surface area contributed by atoms with E-state index in [2.05, 4.69) is 26.5 Å². The molecule has 0 saturated carbocycles. The van der Waals surface area contributed by atoms with Gasteiger partial charge >= 0.3 is 0 Å². The Morgan fingerprint density at radius 3 is 2.25 bits per heavy atom. The summed E-state index contributed by atoms with van der Waals surface area (Å²) in [7, 11) is 4.40. The molecule has 1 N–H and O–H groups in total. The van der Waals surface area contributed by atoms with E-state index in [1.807, 2.05) is 0 Å². The van der Waals surface area contributed by atoms with Crippen LogP contribution in [0.3, 0.4) is 0 Å². The number of hydrogen-bond donors (Lipinski definition) is 1. The van der Waals surface area contributed by atoms with Crippen molar-refractivity contribution in [2.75, 3.05) is 21.3 Å². The van der Waals surface area contributed by atoms with Crippen LogP contribution < -0.4 is 24.4 Å². The standard InChI is InChI=1S/C23H20BrFN2O5/c1-29-20-10-15(11-21(30-2)22(20)31-3)23(28)27-26-13-14-6-4-5-7-18(14)32-19-9-8-16(24)12-17(19)25/h4-13H,1-3H3,(H,27,28). The molecule has 0 spiro atoms. The topological polar surface area (TPSA) is 78.4 Å². The third kappa shape index (κ3) is 5.36. The van der Waals surface area contributed by atoms with E-state index in [0.29, 0.717) is 33.0 Å². The Hall–Kier alpha value is -3.59.